The predicted octanol–water partition coefficient (Wildman–Crippen LogP) is 3.19. The van der Waals surface area contributed by atoms with Crippen LogP contribution in [0.15, 0.2) is 36.4 Å². The number of fused-ring (bicyclic) bond motifs is 1. The Morgan fingerprint density at radius 2 is 1.88 bits per heavy atom. The van der Waals surface area contributed by atoms with Crippen molar-refractivity contribution in [2.75, 3.05) is 0 Å². The van der Waals surface area contributed by atoms with E-state index in [2.05, 4.69) is 0 Å². The first-order chi connectivity index (χ1) is 11.3. The molecule has 0 aromatic heterocycles. The van der Waals surface area contributed by atoms with Gasteiger partial charge in [0.25, 0.3) is 5.91 Å². The molecule has 0 aliphatic carbocycles. The maximum absolute atomic E-state index is 13.0. The summed E-state index contributed by atoms with van der Waals surface area (Å²) in [5.74, 6) is -0.712. The lowest BCUT2D eigenvalue weighted by molar-refractivity contribution is -0.0312. The second kappa shape index (κ2) is 5.86. The number of benzene rings is 2. The van der Waals surface area contributed by atoms with Crippen LogP contribution >= 0.6 is 22.6 Å². The largest absolute Gasteiger partial charge is 0.507 e. The molecule has 2 aromatic carbocycles. The van der Waals surface area contributed by atoms with Crippen LogP contribution in [0.3, 0.4) is 0 Å². The molecule has 24 heavy (non-hydrogen) atoms. The highest BCUT2D eigenvalue weighted by molar-refractivity contribution is 14.1. The number of nitrogens with zero attached hydrogens (tertiary/aromatic N) is 1. The van der Waals surface area contributed by atoms with Gasteiger partial charge in [-0.05, 0) is 48.1 Å². The van der Waals surface area contributed by atoms with E-state index >= 15 is 0 Å². The fourth-order valence-electron chi connectivity index (χ4n) is 3.14. The number of amides is 1. The van der Waals surface area contributed by atoms with Crippen LogP contribution in [0.2, 0.25) is 0 Å². The molecule has 124 valence electrons. The van der Waals surface area contributed by atoms with Gasteiger partial charge in [0.2, 0.25) is 0 Å². The Labute approximate surface area is 153 Å². The molecule has 6 heteroatoms. The van der Waals surface area contributed by atoms with Crippen LogP contribution in [-0.2, 0) is 5.54 Å². The van der Waals surface area contributed by atoms with Gasteiger partial charge in [-0.1, -0.05) is 30.3 Å². The number of aldehydes is 1. The minimum absolute atomic E-state index is 0.0596. The number of hydrogen-bond acceptors (Lipinski definition) is 4. The third kappa shape index (κ3) is 2.32. The molecule has 1 amide bonds. The predicted molar refractivity (Wildman–Crippen MR) is 96.8 cm³/mol. The van der Waals surface area contributed by atoms with Crippen LogP contribution in [-0.4, -0.2) is 27.3 Å². The minimum atomic E-state index is -1.32. The number of aliphatic hydroxyl groups excluding tert-OH is 1. The second-order valence-corrected chi connectivity index (χ2v) is 7.34. The number of aliphatic hydroxyl groups is 1. The van der Waals surface area contributed by atoms with E-state index in [0.29, 0.717) is 9.86 Å². The highest BCUT2D eigenvalue weighted by atomic mass is 127. The van der Waals surface area contributed by atoms with Crippen molar-refractivity contribution in [1.82, 2.24) is 4.90 Å². The van der Waals surface area contributed by atoms with E-state index in [1.54, 1.807) is 0 Å². The molecule has 0 radical (unpaired) electrons. The topological polar surface area (TPSA) is 77.8 Å². The number of phenolic OH excluding ortho intramolecular Hbond substituents is 1. The smallest absolute Gasteiger partial charge is 0.258 e. The van der Waals surface area contributed by atoms with Gasteiger partial charge in [-0.15, -0.1) is 0 Å². The van der Waals surface area contributed by atoms with E-state index in [1.165, 1.54) is 11.0 Å². The zero-order valence-corrected chi connectivity index (χ0v) is 15.3. The van der Waals surface area contributed by atoms with Crippen LogP contribution in [0.1, 0.15) is 51.9 Å². The highest BCUT2D eigenvalue weighted by Crippen LogP contribution is 2.46. The first-order valence-electron chi connectivity index (χ1n) is 7.38. The Morgan fingerprint density at radius 1 is 1.25 bits per heavy atom. The Bertz CT molecular complexity index is 833. The summed E-state index contributed by atoms with van der Waals surface area (Å²) in [7, 11) is 0. The summed E-state index contributed by atoms with van der Waals surface area (Å²) < 4.78 is 0.526. The van der Waals surface area contributed by atoms with Gasteiger partial charge in [0, 0.05) is 3.57 Å². The van der Waals surface area contributed by atoms with E-state index < -0.39 is 11.8 Å². The number of carbonyl (C=O) groups is 2. The average molecular weight is 437 g/mol. The van der Waals surface area contributed by atoms with Crippen molar-refractivity contribution < 1.29 is 19.8 Å². The van der Waals surface area contributed by atoms with Crippen LogP contribution in [0.25, 0.3) is 0 Å². The molecule has 0 bridgehead atoms. The maximum Gasteiger partial charge on any atom is 0.258 e. The van der Waals surface area contributed by atoms with E-state index in [-0.39, 0.29) is 28.3 Å². The van der Waals surface area contributed by atoms with Gasteiger partial charge in [-0.2, -0.15) is 0 Å². The number of phenols is 1. The molecule has 3 rings (SSSR count). The van der Waals surface area contributed by atoms with Crippen LogP contribution < -0.4 is 0 Å². The maximum atomic E-state index is 13.0. The van der Waals surface area contributed by atoms with Gasteiger partial charge < -0.3 is 10.2 Å². The molecule has 1 atom stereocenters. The number of aromatic hydroxyl groups is 1. The monoisotopic (exact) mass is 437 g/mol. The van der Waals surface area contributed by atoms with Gasteiger partial charge in [0.05, 0.1) is 22.2 Å². The van der Waals surface area contributed by atoms with Crippen LogP contribution in [0.5, 0.6) is 5.75 Å². The van der Waals surface area contributed by atoms with E-state index in [9.17, 15) is 19.8 Å². The molecule has 2 aromatic rings. The Balaban J connectivity index is 2.18. The normalized spacial score (nSPS) is 17.1. The minimum Gasteiger partial charge on any atom is -0.507 e. The highest BCUT2D eigenvalue weighted by Gasteiger charge is 2.47. The van der Waals surface area contributed by atoms with Gasteiger partial charge >= 0.3 is 0 Å². The number of halogens is 1. The molecule has 0 saturated carbocycles. The molecule has 2 N–H and O–H groups in total. The average Bonchev–Trinajstić information content (AvgIpc) is 2.84. The molecule has 5 nitrogen and oxygen atoms in total. The number of rotatable bonds is 3. The van der Waals surface area contributed by atoms with Gasteiger partial charge in [0.1, 0.15) is 5.75 Å². The molecule has 1 aliphatic heterocycles. The SMILES string of the molecule is CC(C)(c1ccccc1)N1C(=O)c2c(I)cc(C=O)c(O)c2C1O. The molecule has 1 aliphatic rings. The summed E-state index contributed by atoms with van der Waals surface area (Å²) in [6, 6.07) is 10.8. The van der Waals surface area contributed by atoms with Crippen molar-refractivity contribution in [2.24, 2.45) is 0 Å². The van der Waals surface area contributed by atoms with Gasteiger partial charge in [-0.3, -0.25) is 14.5 Å². The Hall–Kier alpha value is -1.93. The molecule has 0 fully saturated rings. The summed E-state index contributed by atoms with van der Waals surface area (Å²) in [5, 5.41) is 21.1. The van der Waals surface area contributed by atoms with Crippen molar-refractivity contribution in [3.63, 3.8) is 0 Å². The first-order valence-corrected chi connectivity index (χ1v) is 8.46. The zero-order chi connectivity index (χ0) is 17.6. The van der Waals surface area contributed by atoms with Crippen LogP contribution in [0.4, 0.5) is 0 Å². The molecular weight excluding hydrogens is 421 g/mol. The molecular formula is C18H16INO4. The van der Waals surface area contributed by atoms with Crippen molar-refractivity contribution in [3.8, 4) is 5.75 Å². The molecule has 0 saturated heterocycles. The van der Waals surface area contributed by atoms with Gasteiger partial charge in [-0.25, -0.2) is 0 Å². The summed E-state index contributed by atoms with van der Waals surface area (Å²) >= 11 is 1.94. The van der Waals surface area contributed by atoms with Gasteiger partial charge in [0.15, 0.2) is 12.5 Å². The summed E-state index contributed by atoms with van der Waals surface area (Å²) in [6.45, 7) is 3.67. The van der Waals surface area contributed by atoms with Crippen LogP contribution in [0, 0.1) is 3.57 Å². The van der Waals surface area contributed by atoms with Crippen molar-refractivity contribution in [3.05, 3.63) is 62.2 Å². The van der Waals surface area contributed by atoms with E-state index in [0.717, 1.165) is 5.56 Å². The van der Waals surface area contributed by atoms with E-state index in [4.69, 9.17) is 0 Å². The summed E-state index contributed by atoms with van der Waals surface area (Å²) in [6.07, 6.45) is -0.809. The van der Waals surface area contributed by atoms with Crippen molar-refractivity contribution in [1.29, 1.82) is 0 Å². The number of hydrogen-bond donors (Lipinski definition) is 2. The quantitative estimate of drug-likeness (QED) is 0.571. The fraction of sp³-hybridized carbons (Fsp3) is 0.222. The number of carbonyl (C=O) groups excluding carboxylic acids is 2. The first kappa shape index (κ1) is 16.9. The molecule has 0 spiro atoms. The fourth-order valence-corrected chi connectivity index (χ4v) is 4.00. The third-order valence-electron chi connectivity index (χ3n) is 4.46. The zero-order valence-electron chi connectivity index (χ0n) is 13.2. The lowest BCUT2D eigenvalue weighted by Gasteiger charge is -2.38. The summed E-state index contributed by atoms with van der Waals surface area (Å²) in [4.78, 5) is 25.4. The second-order valence-electron chi connectivity index (χ2n) is 6.18. The standard InChI is InChI=1S/C18H16INO4/c1-18(2,11-6-4-3-5-7-11)20-16(23)13-12(19)8-10(9-21)15(22)14(13)17(20)24/h3-9,17,22,24H,1-2H3. The molecule has 1 heterocycles. The summed E-state index contributed by atoms with van der Waals surface area (Å²) in [5.41, 5.74) is 0.459. The van der Waals surface area contributed by atoms with E-state index in [1.807, 2.05) is 66.8 Å². The lowest BCUT2D eigenvalue weighted by Crippen LogP contribution is -2.44. The Morgan fingerprint density at radius 3 is 2.46 bits per heavy atom. The Kier molecular flexibility index (Phi) is 4.13. The van der Waals surface area contributed by atoms with Crippen molar-refractivity contribution >= 4 is 34.8 Å². The lowest BCUT2D eigenvalue weighted by atomic mass is 9.92. The molecule has 1 unspecified atom stereocenters. The third-order valence-corrected chi connectivity index (χ3v) is 5.31. The van der Waals surface area contributed by atoms with Crippen molar-refractivity contribution in [2.45, 2.75) is 25.6 Å².